The van der Waals surface area contributed by atoms with Crippen molar-refractivity contribution in [1.29, 1.82) is 0 Å². The number of hydrogen-bond donors (Lipinski definition) is 1. The molecule has 0 saturated carbocycles. The second-order valence-corrected chi connectivity index (χ2v) is 9.45. The summed E-state index contributed by atoms with van der Waals surface area (Å²) in [6.45, 7) is 10.5. The summed E-state index contributed by atoms with van der Waals surface area (Å²) in [5.41, 5.74) is 3.20. The zero-order valence-corrected chi connectivity index (χ0v) is 17.9. The quantitative estimate of drug-likeness (QED) is 0.541. The molecule has 3 rings (SSSR count). The van der Waals surface area contributed by atoms with Crippen LogP contribution in [0.2, 0.25) is 0 Å². The van der Waals surface area contributed by atoms with E-state index in [-0.39, 0.29) is 16.4 Å². The molecule has 1 aliphatic rings. The van der Waals surface area contributed by atoms with Gasteiger partial charge < -0.3 is 5.11 Å². The maximum atomic E-state index is 13.8. The minimum atomic E-state index is -4.51. The maximum Gasteiger partial charge on any atom is 0.417 e. The SMILES string of the molecule is Cc1cc2c(cc1-c1cc(C=CC(=O)O)ccc1C(F)(F)F)C(C)(C)CCC2(C)C. The number of alkyl halides is 3. The Morgan fingerprint density at radius 3 is 2.07 bits per heavy atom. The molecule has 0 radical (unpaired) electrons. The lowest BCUT2D eigenvalue weighted by molar-refractivity contribution is -0.137. The number of carboxylic acid groups (broad SMARTS) is 1. The number of aliphatic carboxylic acids is 1. The van der Waals surface area contributed by atoms with Crippen molar-refractivity contribution >= 4 is 12.0 Å². The normalized spacial score (nSPS) is 17.7. The van der Waals surface area contributed by atoms with Crippen LogP contribution in [0.3, 0.4) is 0 Å². The molecular weight excluding hydrogens is 389 g/mol. The molecule has 0 aliphatic heterocycles. The van der Waals surface area contributed by atoms with E-state index in [0.29, 0.717) is 11.1 Å². The lowest BCUT2D eigenvalue weighted by Crippen LogP contribution is -2.34. The number of rotatable bonds is 3. The van der Waals surface area contributed by atoms with Crippen molar-refractivity contribution in [3.05, 3.63) is 64.2 Å². The second kappa shape index (κ2) is 7.29. The first-order valence-corrected chi connectivity index (χ1v) is 10.0. The first kappa shape index (κ1) is 22.1. The van der Waals surface area contributed by atoms with E-state index < -0.39 is 17.7 Å². The smallest absolute Gasteiger partial charge is 0.417 e. The molecule has 0 aromatic heterocycles. The third-order valence-corrected chi connectivity index (χ3v) is 6.26. The number of carbonyl (C=O) groups is 1. The zero-order chi connectivity index (χ0) is 22.5. The first-order chi connectivity index (χ1) is 13.7. The molecule has 2 nitrogen and oxygen atoms in total. The number of carboxylic acids is 1. The molecule has 160 valence electrons. The Morgan fingerprint density at radius 2 is 1.53 bits per heavy atom. The molecule has 0 saturated heterocycles. The molecular formula is C25H27F3O2. The highest BCUT2D eigenvalue weighted by Crippen LogP contribution is 2.48. The van der Waals surface area contributed by atoms with Gasteiger partial charge in [0.1, 0.15) is 0 Å². The van der Waals surface area contributed by atoms with Crippen molar-refractivity contribution < 1.29 is 23.1 Å². The van der Waals surface area contributed by atoms with Crippen LogP contribution < -0.4 is 0 Å². The second-order valence-electron chi connectivity index (χ2n) is 9.45. The molecule has 2 aromatic carbocycles. The fraction of sp³-hybridized carbons (Fsp3) is 0.400. The number of fused-ring (bicyclic) bond motifs is 1. The van der Waals surface area contributed by atoms with Crippen LogP contribution >= 0.6 is 0 Å². The van der Waals surface area contributed by atoms with Gasteiger partial charge in [-0.15, -0.1) is 0 Å². The van der Waals surface area contributed by atoms with Crippen LogP contribution in [0.1, 0.15) is 68.4 Å². The number of halogens is 3. The van der Waals surface area contributed by atoms with Crippen molar-refractivity contribution in [3.8, 4) is 11.1 Å². The molecule has 0 spiro atoms. The molecule has 2 aromatic rings. The highest BCUT2D eigenvalue weighted by molar-refractivity contribution is 5.86. The minimum absolute atomic E-state index is 0.0346. The van der Waals surface area contributed by atoms with Gasteiger partial charge in [0.25, 0.3) is 0 Å². The summed E-state index contributed by atoms with van der Waals surface area (Å²) in [7, 11) is 0. The summed E-state index contributed by atoms with van der Waals surface area (Å²) >= 11 is 0. The summed E-state index contributed by atoms with van der Waals surface area (Å²) in [4.78, 5) is 10.8. The molecule has 0 amide bonds. The van der Waals surface area contributed by atoms with E-state index in [9.17, 15) is 18.0 Å². The molecule has 5 heteroatoms. The largest absolute Gasteiger partial charge is 0.478 e. The lowest BCUT2D eigenvalue weighted by atomic mass is 9.62. The molecule has 0 heterocycles. The van der Waals surface area contributed by atoms with Crippen LogP contribution in [0.4, 0.5) is 13.2 Å². The van der Waals surface area contributed by atoms with Crippen LogP contribution in [0.25, 0.3) is 17.2 Å². The number of hydrogen-bond acceptors (Lipinski definition) is 1. The van der Waals surface area contributed by atoms with E-state index in [0.717, 1.165) is 36.1 Å². The highest BCUT2D eigenvalue weighted by Gasteiger charge is 2.39. The van der Waals surface area contributed by atoms with E-state index in [2.05, 4.69) is 27.7 Å². The Bertz CT molecular complexity index is 1030. The Hall–Kier alpha value is -2.56. The van der Waals surface area contributed by atoms with Crippen molar-refractivity contribution in [2.24, 2.45) is 0 Å². The standard InChI is InChI=1S/C25H27F3O2/c1-15-12-20-21(24(4,5)11-10-23(20,2)3)14-17(15)18-13-16(7-9-22(29)30)6-8-19(18)25(26,27)28/h6-9,12-14H,10-11H2,1-5H3,(H,29,30). The molecule has 0 atom stereocenters. The number of aryl methyl sites for hydroxylation is 1. The molecule has 1 aliphatic carbocycles. The Kier molecular flexibility index (Phi) is 5.38. The van der Waals surface area contributed by atoms with Crippen LogP contribution in [0, 0.1) is 6.92 Å². The summed E-state index contributed by atoms with van der Waals surface area (Å²) in [5.74, 6) is -1.15. The van der Waals surface area contributed by atoms with Crippen molar-refractivity contribution in [2.75, 3.05) is 0 Å². The van der Waals surface area contributed by atoms with E-state index in [4.69, 9.17) is 5.11 Å². The molecule has 30 heavy (non-hydrogen) atoms. The van der Waals surface area contributed by atoms with Gasteiger partial charge in [-0.25, -0.2) is 4.79 Å². The molecule has 0 bridgehead atoms. The fourth-order valence-corrected chi connectivity index (χ4v) is 4.32. The third-order valence-electron chi connectivity index (χ3n) is 6.26. The molecule has 1 N–H and O–H groups in total. The van der Waals surface area contributed by atoms with Gasteiger partial charge in [0, 0.05) is 6.08 Å². The van der Waals surface area contributed by atoms with Crippen LogP contribution in [-0.4, -0.2) is 11.1 Å². The van der Waals surface area contributed by atoms with Gasteiger partial charge in [0.15, 0.2) is 0 Å². The fourth-order valence-electron chi connectivity index (χ4n) is 4.32. The summed E-state index contributed by atoms with van der Waals surface area (Å²) in [5, 5.41) is 8.86. The summed E-state index contributed by atoms with van der Waals surface area (Å²) in [6.07, 6.45) is -0.288. The third kappa shape index (κ3) is 4.16. The maximum absolute atomic E-state index is 13.8. The van der Waals surface area contributed by atoms with Crippen LogP contribution in [0.5, 0.6) is 0 Å². The summed E-state index contributed by atoms with van der Waals surface area (Å²) in [6, 6.07) is 7.71. The van der Waals surface area contributed by atoms with Gasteiger partial charge in [-0.2, -0.15) is 13.2 Å². The van der Waals surface area contributed by atoms with E-state index >= 15 is 0 Å². The minimum Gasteiger partial charge on any atom is -0.478 e. The Morgan fingerprint density at radius 1 is 0.967 bits per heavy atom. The Labute approximate surface area is 175 Å². The van der Waals surface area contributed by atoms with Crippen molar-refractivity contribution in [1.82, 2.24) is 0 Å². The van der Waals surface area contributed by atoms with Gasteiger partial charge in [0.2, 0.25) is 0 Å². The predicted molar refractivity (Wildman–Crippen MR) is 114 cm³/mol. The van der Waals surface area contributed by atoms with Crippen molar-refractivity contribution in [2.45, 2.75) is 64.5 Å². The van der Waals surface area contributed by atoms with E-state index in [1.807, 2.05) is 19.1 Å². The van der Waals surface area contributed by atoms with Gasteiger partial charge in [-0.3, -0.25) is 0 Å². The topological polar surface area (TPSA) is 37.3 Å². The van der Waals surface area contributed by atoms with E-state index in [1.54, 1.807) is 0 Å². The van der Waals surface area contributed by atoms with Gasteiger partial charge in [0.05, 0.1) is 5.56 Å². The van der Waals surface area contributed by atoms with E-state index in [1.165, 1.54) is 23.8 Å². The predicted octanol–water partition coefficient (Wildman–Crippen LogP) is 7.13. The van der Waals surface area contributed by atoms with Crippen LogP contribution in [-0.2, 0) is 21.8 Å². The van der Waals surface area contributed by atoms with Gasteiger partial charge >= 0.3 is 12.1 Å². The highest BCUT2D eigenvalue weighted by atomic mass is 19.4. The summed E-state index contributed by atoms with van der Waals surface area (Å²) < 4.78 is 41.4. The monoisotopic (exact) mass is 416 g/mol. The van der Waals surface area contributed by atoms with Crippen molar-refractivity contribution in [3.63, 3.8) is 0 Å². The van der Waals surface area contributed by atoms with Gasteiger partial charge in [-0.1, -0.05) is 45.9 Å². The molecule has 0 fully saturated rings. The number of benzene rings is 2. The van der Waals surface area contributed by atoms with Gasteiger partial charge in [-0.05, 0) is 82.2 Å². The zero-order valence-electron chi connectivity index (χ0n) is 17.9. The lowest BCUT2D eigenvalue weighted by Gasteiger charge is -2.42. The average molecular weight is 416 g/mol. The van der Waals surface area contributed by atoms with Crippen LogP contribution in [0.15, 0.2) is 36.4 Å². The average Bonchev–Trinajstić information content (AvgIpc) is 2.62. The Balaban J connectivity index is 2.29. The molecule has 0 unspecified atom stereocenters. The first-order valence-electron chi connectivity index (χ1n) is 10.0.